The molecule has 1 amide bonds. The van der Waals surface area contributed by atoms with Crippen molar-refractivity contribution in [1.29, 1.82) is 0 Å². The van der Waals surface area contributed by atoms with Crippen LogP contribution in [0.25, 0.3) is 0 Å². The molecule has 1 atom stereocenters. The first-order chi connectivity index (χ1) is 12.8. The molecule has 0 bridgehead atoms. The van der Waals surface area contributed by atoms with Gasteiger partial charge in [0.05, 0.1) is 20.3 Å². The quantitative estimate of drug-likeness (QED) is 0.725. The number of benzene rings is 2. The van der Waals surface area contributed by atoms with Gasteiger partial charge in [0.2, 0.25) is 0 Å². The van der Waals surface area contributed by atoms with Gasteiger partial charge < -0.3 is 24.6 Å². The molecule has 2 aromatic rings. The Morgan fingerprint density at radius 1 is 1.11 bits per heavy atom. The highest BCUT2D eigenvalue weighted by atomic mass is 16.5. The van der Waals surface area contributed by atoms with E-state index in [1.807, 2.05) is 0 Å². The second-order valence-corrected chi connectivity index (χ2v) is 5.99. The molecule has 0 radical (unpaired) electrons. The second kappa shape index (κ2) is 8.93. The summed E-state index contributed by atoms with van der Waals surface area (Å²) in [6.07, 6.45) is 0. The van der Waals surface area contributed by atoms with Gasteiger partial charge in [-0.1, -0.05) is 6.07 Å². The Kier molecular flexibility index (Phi) is 6.65. The summed E-state index contributed by atoms with van der Waals surface area (Å²) in [5.41, 5.74) is 1.55. The fraction of sp³-hybridized carbons (Fsp3) is 0.300. The molecule has 7 nitrogen and oxygen atoms in total. The molecule has 0 aliphatic rings. The maximum atomic E-state index is 12.1. The van der Waals surface area contributed by atoms with E-state index in [0.717, 1.165) is 11.1 Å². The van der Waals surface area contributed by atoms with Gasteiger partial charge in [-0.2, -0.15) is 0 Å². The van der Waals surface area contributed by atoms with Gasteiger partial charge in [-0.15, -0.1) is 0 Å². The van der Waals surface area contributed by atoms with E-state index < -0.39 is 24.5 Å². The molecule has 2 rings (SSSR count). The monoisotopic (exact) mass is 373 g/mol. The van der Waals surface area contributed by atoms with Crippen LogP contribution in [0.3, 0.4) is 0 Å². The van der Waals surface area contributed by atoms with Crippen LogP contribution in [0.15, 0.2) is 36.4 Å². The minimum atomic E-state index is -0.769. The van der Waals surface area contributed by atoms with Crippen LogP contribution in [-0.4, -0.2) is 37.8 Å². The highest BCUT2D eigenvalue weighted by Gasteiger charge is 2.18. The largest absolute Gasteiger partial charge is 0.507 e. The molecule has 7 heteroatoms. The predicted molar refractivity (Wildman–Crippen MR) is 99.2 cm³/mol. The Morgan fingerprint density at radius 3 is 2.48 bits per heavy atom. The molecule has 0 saturated heterocycles. The lowest BCUT2D eigenvalue weighted by molar-refractivity contribution is -0.124. The van der Waals surface area contributed by atoms with E-state index in [0.29, 0.717) is 11.5 Å². The Morgan fingerprint density at radius 2 is 1.85 bits per heavy atom. The Hall–Kier alpha value is -3.22. The van der Waals surface area contributed by atoms with Crippen LogP contribution in [-0.2, 0) is 9.53 Å². The van der Waals surface area contributed by atoms with Gasteiger partial charge in [-0.3, -0.25) is 4.79 Å². The number of hydrogen-bond acceptors (Lipinski definition) is 6. The first-order valence-electron chi connectivity index (χ1n) is 8.33. The second-order valence-electron chi connectivity index (χ2n) is 5.99. The number of aromatic hydroxyl groups is 1. The number of phenolic OH excluding ortho intramolecular Hbond substituents is 1. The molecule has 0 fully saturated rings. The zero-order valence-corrected chi connectivity index (χ0v) is 15.7. The molecule has 27 heavy (non-hydrogen) atoms. The lowest BCUT2D eigenvalue weighted by atomic mass is 10.1. The van der Waals surface area contributed by atoms with Gasteiger partial charge in [-0.25, -0.2) is 4.79 Å². The third-order valence-corrected chi connectivity index (χ3v) is 3.99. The molecular weight excluding hydrogens is 350 g/mol. The number of methoxy groups -OCH3 is 2. The van der Waals surface area contributed by atoms with Gasteiger partial charge >= 0.3 is 5.97 Å². The number of carbonyl (C=O) groups is 2. The molecule has 144 valence electrons. The van der Waals surface area contributed by atoms with Gasteiger partial charge in [-0.05, 0) is 49.7 Å². The number of nitrogens with one attached hydrogen (secondary N) is 1. The minimum Gasteiger partial charge on any atom is -0.507 e. The van der Waals surface area contributed by atoms with Crippen molar-refractivity contribution in [2.45, 2.75) is 19.9 Å². The number of hydrogen-bond donors (Lipinski definition) is 2. The summed E-state index contributed by atoms with van der Waals surface area (Å²) in [4.78, 5) is 24.2. The van der Waals surface area contributed by atoms with Gasteiger partial charge in [0, 0.05) is 5.56 Å². The number of ether oxygens (including phenoxy) is 3. The average Bonchev–Trinajstić information content (AvgIpc) is 2.65. The number of aryl methyl sites for hydroxylation is 1. The maximum Gasteiger partial charge on any atom is 0.342 e. The van der Waals surface area contributed by atoms with Crippen molar-refractivity contribution >= 4 is 11.9 Å². The standard InChI is InChI=1S/C20H23NO6/c1-12-5-7-15(17(22)9-12)20(24)27-11-19(23)21-13(2)16-10-14(25-3)6-8-18(16)26-4/h5-10,13,22H,11H2,1-4H3,(H,21,23)/t13-/m0/s1. The van der Waals surface area contributed by atoms with Crippen LogP contribution in [0.1, 0.15) is 34.5 Å². The van der Waals surface area contributed by atoms with Crippen molar-refractivity contribution < 1.29 is 28.9 Å². The summed E-state index contributed by atoms with van der Waals surface area (Å²) in [6.45, 7) is 3.10. The normalized spacial score (nSPS) is 11.4. The lowest BCUT2D eigenvalue weighted by Crippen LogP contribution is -2.31. The highest BCUT2D eigenvalue weighted by Crippen LogP contribution is 2.29. The van der Waals surface area contributed by atoms with E-state index in [4.69, 9.17) is 14.2 Å². The first kappa shape index (κ1) is 20.1. The van der Waals surface area contributed by atoms with E-state index in [2.05, 4.69) is 5.32 Å². The van der Waals surface area contributed by atoms with E-state index in [1.165, 1.54) is 19.2 Å². The lowest BCUT2D eigenvalue weighted by Gasteiger charge is -2.18. The van der Waals surface area contributed by atoms with Crippen molar-refractivity contribution in [3.05, 3.63) is 53.1 Å². The summed E-state index contributed by atoms with van der Waals surface area (Å²) in [5, 5.41) is 12.5. The summed E-state index contributed by atoms with van der Waals surface area (Å²) >= 11 is 0. The van der Waals surface area contributed by atoms with Crippen molar-refractivity contribution in [3.8, 4) is 17.2 Å². The number of phenols is 1. The highest BCUT2D eigenvalue weighted by molar-refractivity contribution is 5.94. The van der Waals surface area contributed by atoms with E-state index in [9.17, 15) is 14.7 Å². The van der Waals surface area contributed by atoms with Crippen molar-refractivity contribution in [2.24, 2.45) is 0 Å². The first-order valence-corrected chi connectivity index (χ1v) is 8.33. The number of carbonyl (C=O) groups excluding carboxylic acids is 2. The van der Waals surface area contributed by atoms with Gasteiger partial charge in [0.25, 0.3) is 5.91 Å². The summed E-state index contributed by atoms with van der Waals surface area (Å²) in [5.74, 6) is -0.199. The van der Waals surface area contributed by atoms with Crippen LogP contribution < -0.4 is 14.8 Å². The predicted octanol–water partition coefficient (Wildman–Crippen LogP) is 2.75. The fourth-order valence-corrected chi connectivity index (χ4v) is 2.56. The average molecular weight is 373 g/mol. The molecule has 0 saturated carbocycles. The number of amides is 1. The van der Waals surface area contributed by atoms with E-state index in [-0.39, 0.29) is 11.3 Å². The van der Waals surface area contributed by atoms with E-state index >= 15 is 0 Å². The third-order valence-electron chi connectivity index (χ3n) is 3.99. The molecule has 0 aromatic heterocycles. The zero-order chi connectivity index (χ0) is 20.0. The van der Waals surface area contributed by atoms with Crippen LogP contribution >= 0.6 is 0 Å². The maximum absolute atomic E-state index is 12.1. The number of esters is 1. The van der Waals surface area contributed by atoms with Gasteiger partial charge in [0.1, 0.15) is 22.8 Å². The molecule has 0 aliphatic heterocycles. The molecule has 0 heterocycles. The third kappa shape index (κ3) is 5.13. The zero-order valence-electron chi connectivity index (χ0n) is 15.7. The van der Waals surface area contributed by atoms with Crippen molar-refractivity contribution in [2.75, 3.05) is 20.8 Å². The SMILES string of the molecule is COc1ccc(OC)c([C@H](C)NC(=O)COC(=O)c2ccc(C)cc2O)c1. The van der Waals surface area contributed by atoms with Crippen LogP contribution in [0.5, 0.6) is 17.2 Å². The summed E-state index contributed by atoms with van der Waals surface area (Å²) < 4.78 is 15.5. The van der Waals surface area contributed by atoms with Crippen molar-refractivity contribution in [3.63, 3.8) is 0 Å². The topological polar surface area (TPSA) is 94.1 Å². The van der Waals surface area contributed by atoms with Gasteiger partial charge in [0.15, 0.2) is 6.61 Å². The summed E-state index contributed by atoms with van der Waals surface area (Å²) in [7, 11) is 3.09. The Balaban J connectivity index is 1.98. The molecule has 0 spiro atoms. The smallest absolute Gasteiger partial charge is 0.342 e. The Bertz CT molecular complexity index is 833. The molecular formula is C20H23NO6. The fourth-order valence-electron chi connectivity index (χ4n) is 2.56. The Labute approximate surface area is 157 Å². The van der Waals surface area contributed by atoms with Crippen molar-refractivity contribution in [1.82, 2.24) is 5.32 Å². The summed E-state index contributed by atoms with van der Waals surface area (Å²) in [6, 6.07) is 9.45. The van der Waals surface area contributed by atoms with E-state index in [1.54, 1.807) is 45.2 Å². The van der Waals surface area contributed by atoms with Crippen LogP contribution in [0, 0.1) is 6.92 Å². The molecule has 0 aliphatic carbocycles. The molecule has 0 unspecified atom stereocenters. The minimum absolute atomic E-state index is 0.0101. The van der Waals surface area contributed by atoms with Crippen LogP contribution in [0.4, 0.5) is 0 Å². The molecule has 2 N–H and O–H groups in total. The van der Waals surface area contributed by atoms with Crippen LogP contribution in [0.2, 0.25) is 0 Å². The number of rotatable bonds is 7. The molecule has 2 aromatic carbocycles.